The number of phenolic OH excluding ortho intramolecular Hbond substituents is 2. The minimum absolute atomic E-state index is 0.0526. The van der Waals surface area contributed by atoms with Gasteiger partial charge in [-0.3, -0.25) is 40.9 Å². The van der Waals surface area contributed by atoms with Gasteiger partial charge in [-0.05, 0) is 73.9 Å². The van der Waals surface area contributed by atoms with Gasteiger partial charge in [0.05, 0.1) is 11.1 Å². The second-order valence-electron chi connectivity index (χ2n) is 12.9. The maximum Gasteiger partial charge on any atom is 0.273 e. The van der Waals surface area contributed by atoms with Crippen LogP contribution >= 0.6 is 0 Å². The first kappa shape index (κ1) is 40.1. The molecule has 48 heavy (non-hydrogen) atoms. The van der Waals surface area contributed by atoms with Crippen molar-refractivity contribution in [1.29, 1.82) is 0 Å². The number of hydrazine groups is 2. The molecular formula is C38H58N4O6. The number of unbranched alkanes of at least 4 members (excludes halogenated alkanes) is 9. The van der Waals surface area contributed by atoms with E-state index in [4.69, 9.17) is 0 Å². The highest BCUT2D eigenvalue weighted by Crippen LogP contribution is 2.23. The van der Waals surface area contributed by atoms with Crippen LogP contribution in [0.15, 0.2) is 36.4 Å². The van der Waals surface area contributed by atoms with Crippen LogP contribution in [0.5, 0.6) is 11.5 Å². The molecule has 0 aliphatic heterocycles. The van der Waals surface area contributed by atoms with Crippen LogP contribution in [0.3, 0.4) is 0 Å². The van der Waals surface area contributed by atoms with Crippen LogP contribution in [0.1, 0.15) is 149 Å². The van der Waals surface area contributed by atoms with E-state index in [-0.39, 0.29) is 29.0 Å². The van der Waals surface area contributed by atoms with Crippen LogP contribution in [0, 0.1) is 11.8 Å². The van der Waals surface area contributed by atoms with E-state index in [1.165, 1.54) is 0 Å². The standard InChI is InChI=1S/C38H58N4O6/c1-5-8-11-14-17-28-20-22-31(33(43)25-28)37(47)41-39-35(45)27(4)24-30(19-16-13-10-7-3)36(46)40-42-38(48)32-23-21-29(26-34(32)44)18-15-12-9-6-2/h20-23,25-27,30,43-44H,5-19,24H2,1-4H3,(H,39,45)(H,40,46)(H,41,47)(H,42,48). The minimum atomic E-state index is -0.644. The molecule has 0 saturated heterocycles. The highest BCUT2D eigenvalue weighted by atomic mass is 16.3. The lowest BCUT2D eigenvalue weighted by molar-refractivity contribution is -0.129. The fourth-order valence-electron chi connectivity index (χ4n) is 5.67. The first-order valence-corrected chi connectivity index (χ1v) is 17.9. The quantitative estimate of drug-likeness (QED) is 0.0612. The Kier molecular flexibility index (Phi) is 18.8. The van der Waals surface area contributed by atoms with E-state index in [0.29, 0.717) is 6.42 Å². The highest BCUT2D eigenvalue weighted by molar-refractivity contribution is 5.98. The summed E-state index contributed by atoms with van der Waals surface area (Å²) >= 11 is 0. The van der Waals surface area contributed by atoms with Crippen LogP contribution in [0.2, 0.25) is 0 Å². The number of hydrogen-bond donors (Lipinski definition) is 6. The summed E-state index contributed by atoms with van der Waals surface area (Å²) in [6.45, 7) is 8.06. The number of carbonyl (C=O) groups is 4. The topological polar surface area (TPSA) is 157 Å². The number of carbonyl (C=O) groups excluding carboxylic acids is 4. The van der Waals surface area contributed by atoms with Crippen molar-refractivity contribution in [2.75, 3.05) is 0 Å². The molecule has 2 rings (SSSR count). The number of aromatic hydroxyl groups is 2. The van der Waals surface area contributed by atoms with Gasteiger partial charge in [-0.2, -0.15) is 0 Å². The summed E-state index contributed by atoms with van der Waals surface area (Å²) in [6.07, 6.45) is 14.9. The van der Waals surface area contributed by atoms with Gasteiger partial charge in [0.25, 0.3) is 11.8 Å². The third-order valence-electron chi connectivity index (χ3n) is 8.71. The predicted molar refractivity (Wildman–Crippen MR) is 189 cm³/mol. The normalized spacial score (nSPS) is 12.2. The molecule has 0 radical (unpaired) electrons. The molecule has 266 valence electrons. The first-order valence-electron chi connectivity index (χ1n) is 17.9. The number of nitrogens with one attached hydrogen (secondary N) is 4. The monoisotopic (exact) mass is 666 g/mol. The summed E-state index contributed by atoms with van der Waals surface area (Å²) in [5.74, 6) is -3.71. The molecule has 0 heterocycles. The van der Waals surface area contributed by atoms with Crippen LogP contribution in [-0.2, 0) is 22.4 Å². The molecule has 0 saturated carbocycles. The smallest absolute Gasteiger partial charge is 0.273 e. The molecule has 10 heteroatoms. The molecule has 0 aromatic heterocycles. The Morgan fingerprint density at radius 3 is 1.46 bits per heavy atom. The van der Waals surface area contributed by atoms with Crippen LogP contribution in [0.25, 0.3) is 0 Å². The van der Waals surface area contributed by atoms with Gasteiger partial charge in [-0.1, -0.05) is 104 Å². The number of benzene rings is 2. The van der Waals surface area contributed by atoms with Crippen molar-refractivity contribution in [2.24, 2.45) is 11.8 Å². The van der Waals surface area contributed by atoms with Gasteiger partial charge in [0.15, 0.2) is 0 Å². The van der Waals surface area contributed by atoms with Crippen LogP contribution < -0.4 is 21.7 Å². The van der Waals surface area contributed by atoms with E-state index in [1.54, 1.807) is 37.3 Å². The second-order valence-corrected chi connectivity index (χ2v) is 12.9. The van der Waals surface area contributed by atoms with E-state index in [1.807, 2.05) is 6.07 Å². The van der Waals surface area contributed by atoms with Gasteiger partial charge in [0.1, 0.15) is 11.5 Å². The third-order valence-corrected chi connectivity index (χ3v) is 8.71. The molecule has 6 N–H and O–H groups in total. The minimum Gasteiger partial charge on any atom is -0.507 e. The number of amides is 4. The van der Waals surface area contributed by atoms with E-state index < -0.39 is 35.5 Å². The Morgan fingerprint density at radius 1 is 0.583 bits per heavy atom. The molecule has 4 amide bonds. The van der Waals surface area contributed by atoms with Gasteiger partial charge >= 0.3 is 0 Å². The molecule has 2 unspecified atom stereocenters. The van der Waals surface area contributed by atoms with Crippen molar-refractivity contribution < 1.29 is 29.4 Å². The second kappa shape index (κ2) is 22.5. The lowest BCUT2D eigenvalue weighted by Crippen LogP contribution is -2.47. The lowest BCUT2D eigenvalue weighted by Gasteiger charge is -2.21. The predicted octanol–water partition coefficient (Wildman–Crippen LogP) is 7.18. The summed E-state index contributed by atoms with van der Waals surface area (Å²) in [4.78, 5) is 51.6. The molecule has 2 aromatic rings. The van der Waals surface area contributed by atoms with E-state index in [9.17, 15) is 29.4 Å². The van der Waals surface area contributed by atoms with E-state index in [0.717, 1.165) is 101 Å². The largest absolute Gasteiger partial charge is 0.507 e. The summed E-state index contributed by atoms with van der Waals surface area (Å²) in [7, 11) is 0. The van der Waals surface area contributed by atoms with Crippen molar-refractivity contribution in [2.45, 2.75) is 130 Å². The molecule has 0 bridgehead atoms. The Hall–Kier alpha value is -4.08. The van der Waals surface area contributed by atoms with Crippen molar-refractivity contribution in [3.05, 3.63) is 58.7 Å². The summed E-state index contributed by atoms with van der Waals surface area (Å²) < 4.78 is 0. The van der Waals surface area contributed by atoms with Crippen LogP contribution in [0.4, 0.5) is 0 Å². The molecule has 0 fully saturated rings. The van der Waals surface area contributed by atoms with Crippen molar-refractivity contribution in [3.8, 4) is 11.5 Å². The molecule has 0 aliphatic rings. The summed E-state index contributed by atoms with van der Waals surface area (Å²) in [5, 5.41) is 20.9. The Labute approximate surface area is 286 Å². The van der Waals surface area contributed by atoms with Crippen molar-refractivity contribution >= 4 is 23.6 Å². The molecule has 2 aromatic carbocycles. The summed E-state index contributed by atoms with van der Waals surface area (Å²) in [6, 6.07) is 9.88. The Morgan fingerprint density at radius 2 is 1.02 bits per heavy atom. The van der Waals surface area contributed by atoms with Crippen molar-refractivity contribution in [3.63, 3.8) is 0 Å². The maximum atomic E-state index is 13.2. The van der Waals surface area contributed by atoms with E-state index in [2.05, 4.69) is 42.5 Å². The number of rotatable bonds is 21. The third kappa shape index (κ3) is 14.4. The van der Waals surface area contributed by atoms with Gasteiger partial charge in [-0.15, -0.1) is 0 Å². The average molecular weight is 667 g/mol. The molecule has 0 aliphatic carbocycles. The molecule has 0 spiro atoms. The number of phenols is 2. The molecule has 10 nitrogen and oxygen atoms in total. The molecular weight excluding hydrogens is 608 g/mol. The van der Waals surface area contributed by atoms with Gasteiger partial charge in [-0.25, -0.2) is 0 Å². The van der Waals surface area contributed by atoms with E-state index >= 15 is 0 Å². The van der Waals surface area contributed by atoms with Gasteiger partial charge in [0.2, 0.25) is 11.8 Å². The first-order chi connectivity index (χ1) is 23.1. The van der Waals surface area contributed by atoms with Gasteiger partial charge < -0.3 is 10.2 Å². The number of hydrogen-bond acceptors (Lipinski definition) is 6. The zero-order valence-corrected chi connectivity index (χ0v) is 29.5. The SMILES string of the molecule is CCCCCCc1ccc(C(=O)NNC(=O)C(C)CC(CCCCCC)C(=O)NNC(=O)c2ccc(CCCCCC)cc2O)c(O)c1. The van der Waals surface area contributed by atoms with Gasteiger partial charge in [0, 0.05) is 11.8 Å². The summed E-state index contributed by atoms with van der Waals surface area (Å²) in [5.41, 5.74) is 11.7. The number of aryl methyl sites for hydroxylation is 2. The zero-order chi connectivity index (χ0) is 35.3. The zero-order valence-electron chi connectivity index (χ0n) is 29.5. The fourth-order valence-corrected chi connectivity index (χ4v) is 5.67. The van der Waals surface area contributed by atoms with Crippen LogP contribution in [-0.4, -0.2) is 33.8 Å². The average Bonchev–Trinajstić information content (AvgIpc) is 3.07. The lowest BCUT2D eigenvalue weighted by atomic mass is 9.90. The fraction of sp³-hybridized carbons (Fsp3) is 0.579. The Bertz CT molecular complexity index is 1310. The highest BCUT2D eigenvalue weighted by Gasteiger charge is 2.26. The maximum absolute atomic E-state index is 13.2. The Balaban J connectivity index is 1.93. The molecule has 2 atom stereocenters. The van der Waals surface area contributed by atoms with Crippen molar-refractivity contribution in [1.82, 2.24) is 21.7 Å².